The van der Waals surface area contributed by atoms with Crippen LogP contribution in [0.15, 0.2) is 10.6 Å². The van der Waals surface area contributed by atoms with E-state index in [0.717, 1.165) is 43.7 Å². The molecule has 7 nitrogen and oxygen atoms in total. The SMILES string of the molecule is CCC1CC(N2CCC(OC3CCN(c4cc(C(C(=O)OC)C(C)C)on4)CC3)CC2)C1. The van der Waals surface area contributed by atoms with Crippen molar-refractivity contribution in [2.24, 2.45) is 11.8 Å². The van der Waals surface area contributed by atoms with Crippen molar-refractivity contribution < 1.29 is 18.8 Å². The molecule has 2 saturated heterocycles. The van der Waals surface area contributed by atoms with Gasteiger partial charge >= 0.3 is 5.97 Å². The Morgan fingerprint density at radius 3 is 2.31 bits per heavy atom. The Hall–Kier alpha value is -1.60. The van der Waals surface area contributed by atoms with Crippen molar-refractivity contribution in [2.75, 3.05) is 38.2 Å². The topological polar surface area (TPSA) is 68.0 Å². The van der Waals surface area contributed by atoms with Crippen LogP contribution in [0.5, 0.6) is 0 Å². The maximum absolute atomic E-state index is 12.1. The molecule has 0 aromatic carbocycles. The number of rotatable bonds is 8. The van der Waals surface area contributed by atoms with Crippen LogP contribution in [0.25, 0.3) is 0 Å². The quantitative estimate of drug-likeness (QED) is 0.553. The molecule has 4 rings (SSSR count). The highest BCUT2D eigenvalue weighted by Gasteiger charge is 2.35. The lowest BCUT2D eigenvalue weighted by Gasteiger charge is -2.46. The Labute approximate surface area is 192 Å². The molecule has 1 aliphatic carbocycles. The van der Waals surface area contributed by atoms with Crippen LogP contribution in [-0.2, 0) is 14.3 Å². The van der Waals surface area contributed by atoms with Gasteiger partial charge in [0, 0.05) is 38.3 Å². The molecule has 1 atom stereocenters. The third kappa shape index (κ3) is 5.30. The van der Waals surface area contributed by atoms with Gasteiger partial charge in [-0.2, -0.15) is 0 Å². The summed E-state index contributed by atoms with van der Waals surface area (Å²) < 4.78 is 17.0. The first-order valence-electron chi connectivity index (χ1n) is 12.7. The Kier molecular flexibility index (Phi) is 7.77. The molecule has 180 valence electrons. The van der Waals surface area contributed by atoms with Gasteiger partial charge in [-0.05, 0) is 50.4 Å². The van der Waals surface area contributed by atoms with Gasteiger partial charge in [-0.25, -0.2) is 0 Å². The average molecular weight is 448 g/mol. The van der Waals surface area contributed by atoms with Crippen LogP contribution in [0.4, 0.5) is 5.82 Å². The van der Waals surface area contributed by atoms with E-state index in [4.69, 9.17) is 14.0 Å². The number of aromatic nitrogens is 1. The fourth-order valence-corrected chi connectivity index (χ4v) is 5.62. The minimum absolute atomic E-state index is 0.0890. The van der Waals surface area contributed by atoms with Crippen LogP contribution >= 0.6 is 0 Å². The summed E-state index contributed by atoms with van der Waals surface area (Å²) in [7, 11) is 1.42. The third-order valence-corrected chi connectivity index (χ3v) is 7.88. The fraction of sp³-hybridized carbons (Fsp3) is 0.840. The smallest absolute Gasteiger partial charge is 0.316 e. The lowest BCUT2D eigenvalue weighted by molar-refractivity contribution is -0.144. The van der Waals surface area contributed by atoms with Crippen molar-refractivity contribution in [2.45, 2.75) is 89.9 Å². The van der Waals surface area contributed by atoms with E-state index in [2.05, 4.69) is 21.9 Å². The van der Waals surface area contributed by atoms with Gasteiger partial charge in [-0.3, -0.25) is 4.79 Å². The number of anilines is 1. The molecule has 3 heterocycles. The Balaban J connectivity index is 1.21. The normalized spacial score (nSPS) is 26.8. The number of carbonyl (C=O) groups excluding carboxylic acids is 1. The number of piperidine rings is 2. The molecular formula is C25H41N3O4. The third-order valence-electron chi connectivity index (χ3n) is 7.88. The number of hydrogen-bond donors (Lipinski definition) is 0. The van der Waals surface area contributed by atoms with Crippen LogP contribution in [0.2, 0.25) is 0 Å². The van der Waals surface area contributed by atoms with Crippen LogP contribution in [-0.4, -0.2) is 67.6 Å². The zero-order chi connectivity index (χ0) is 22.7. The maximum Gasteiger partial charge on any atom is 0.316 e. The Morgan fingerprint density at radius 1 is 1.12 bits per heavy atom. The molecule has 0 amide bonds. The fourth-order valence-electron chi connectivity index (χ4n) is 5.62. The highest BCUT2D eigenvalue weighted by molar-refractivity contribution is 5.77. The first kappa shape index (κ1) is 23.6. The molecule has 1 aromatic heterocycles. The lowest BCUT2D eigenvalue weighted by Crippen LogP contribution is -2.49. The van der Waals surface area contributed by atoms with Gasteiger partial charge in [0.1, 0.15) is 5.92 Å². The second-order valence-electron chi connectivity index (χ2n) is 10.3. The lowest BCUT2D eigenvalue weighted by atomic mass is 9.77. The second kappa shape index (κ2) is 10.6. The van der Waals surface area contributed by atoms with E-state index in [1.807, 2.05) is 19.9 Å². The zero-order valence-electron chi connectivity index (χ0n) is 20.3. The van der Waals surface area contributed by atoms with Crippen molar-refractivity contribution in [3.05, 3.63) is 11.8 Å². The molecule has 1 aromatic rings. The predicted octanol–water partition coefficient (Wildman–Crippen LogP) is 4.23. The number of likely N-dealkylation sites (tertiary alicyclic amines) is 1. The summed E-state index contributed by atoms with van der Waals surface area (Å²) in [6.45, 7) is 10.5. The van der Waals surface area contributed by atoms with E-state index in [0.29, 0.717) is 18.0 Å². The maximum atomic E-state index is 12.1. The summed E-state index contributed by atoms with van der Waals surface area (Å²) in [5, 5.41) is 4.25. The number of hydrogen-bond acceptors (Lipinski definition) is 7. The van der Waals surface area contributed by atoms with E-state index in [1.165, 1.54) is 52.3 Å². The molecule has 0 spiro atoms. The van der Waals surface area contributed by atoms with Crippen molar-refractivity contribution in [3.8, 4) is 0 Å². The number of ether oxygens (including phenoxy) is 2. The standard InChI is InChI=1S/C25H41N3O4/c1-5-18-14-19(15-18)27-10-6-20(7-11-27)31-21-8-12-28(13-9-21)23-16-22(32-26-23)24(17(2)3)25(29)30-4/h16-21,24H,5-15H2,1-4H3. The van der Waals surface area contributed by atoms with Gasteiger partial charge in [0.15, 0.2) is 11.6 Å². The Morgan fingerprint density at radius 2 is 1.75 bits per heavy atom. The molecule has 0 N–H and O–H groups in total. The van der Waals surface area contributed by atoms with Gasteiger partial charge < -0.3 is 23.8 Å². The highest BCUT2D eigenvalue weighted by Crippen LogP contribution is 2.36. The van der Waals surface area contributed by atoms with E-state index < -0.39 is 5.92 Å². The summed E-state index contributed by atoms with van der Waals surface area (Å²) in [5.41, 5.74) is 0. The van der Waals surface area contributed by atoms with Crippen LogP contribution in [0, 0.1) is 11.8 Å². The molecule has 3 aliphatic rings. The molecular weight excluding hydrogens is 406 g/mol. The van der Waals surface area contributed by atoms with Crippen molar-refractivity contribution in [3.63, 3.8) is 0 Å². The number of esters is 1. The largest absolute Gasteiger partial charge is 0.468 e. The number of methoxy groups -OCH3 is 1. The monoisotopic (exact) mass is 447 g/mol. The Bertz CT molecular complexity index is 729. The molecule has 7 heteroatoms. The first-order valence-corrected chi connectivity index (χ1v) is 12.7. The van der Waals surface area contributed by atoms with Crippen LogP contribution < -0.4 is 4.90 Å². The predicted molar refractivity (Wildman–Crippen MR) is 124 cm³/mol. The molecule has 0 radical (unpaired) electrons. The summed E-state index contributed by atoms with van der Waals surface area (Å²) in [5.74, 6) is 1.77. The summed E-state index contributed by atoms with van der Waals surface area (Å²) >= 11 is 0. The van der Waals surface area contributed by atoms with Gasteiger partial charge in [0.05, 0.1) is 19.3 Å². The number of nitrogens with zero attached hydrogens (tertiary/aromatic N) is 3. The molecule has 2 aliphatic heterocycles. The zero-order valence-corrected chi connectivity index (χ0v) is 20.3. The summed E-state index contributed by atoms with van der Waals surface area (Å²) in [4.78, 5) is 17.1. The van der Waals surface area contributed by atoms with E-state index in [1.54, 1.807) is 0 Å². The van der Waals surface area contributed by atoms with Crippen LogP contribution in [0.1, 0.15) is 77.4 Å². The van der Waals surface area contributed by atoms with Gasteiger partial charge in [-0.15, -0.1) is 0 Å². The van der Waals surface area contributed by atoms with Gasteiger partial charge in [0.25, 0.3) is 0 Å². The van der Waals surface area contributed by atoms with Crippen molar-refractivity contribution in [1.29, 1.82) is 0 Å². The summed E-state index contributed by atoms with van der Waals surface area (Å²) in [6.07, 6.45) is 9.25. The second-order valence-corrected chi connectivity index (χ2v) is 10.3. The minimum atomic E-state index is -0.416. The van der Waals surface area contributed by atoms with E-state index in [-0.39, 0.29) is 11.9 Å². The first-order chi connectivity index (χ1) is 15.5. The number of carbonyl (C=O) groups is 1. The highest BCUT2D eigenvalue weighted by atomic mass is 16.5. The minimum Gasteiger partial charge on any atom is -0.468 e. The van der Waals surface area contributed by atoms with Gasteiger partial charge in [-0.1, -0.05) is 32.3 Å². The molecule has 3 fully saturated rings. The van der Waals surface area contributed by atoms with E-state index in [9.17, 15) is 4.79 Å². The molecule has 1 saturated carbocycles. The van der Waals surface area contributed by atoms with Gasteiger partial charge in [0.2, 0.25) is 0 Å². The molecule has 1 unspecified atom stereocenters. The molecule has 0 bridgehead atoms. The van der Waals surface area contributed by atoms with Crippen molar-refractivity contribution in [1.82, 2.24) is 10.1 Å². The molecule has 32 heavy (non-hydrogen) atoms. The average Bonchev–Trinajstić information content (AvgIpc) is 3.24. The van der Waals surface area contributed by atoms with E-state index >= 15 is 0 Å². The van der Waals surface area contributed by atoms with Crippen molar-refractivity contribution >= 4 is 11.8 Å². The summed E-state index contributed by atoms with van der Waals surface area (Å²) in [6, 6.07) is 2.74. The van der Waals surface area contributed by atoms with Crippen LogP contribution in [0.3, 0.4) is 0 Å².